The molecule has 0 radical (unpaired) electrons. The average molecular weight is 484 g/mol. The SMILES string of the molecule is Nc1cccc(Br)c1C=NCCN1CCN(CCN2C(=O)c3ccccc3C2=O)CC1. The number of rotatable bonds is 7. The van der Waals surface area contributed by atoms with E-state index in [0.29, 0.717) is 29.9 Å². The molecule has 0 saturated carbocycles. The van der Waals surface area contributed by atoms with Gasteiger partial charge in [0.25, 0.3) is 11.8 Å². The van der Waals surface area contributed by atoms with Crippen molar-refractivity contribution in [1.29, 1.82) is 0 Å². The molecule has 2 amide bonds. The second kappa shape index (κ2) is 9.72. The summed E-state index contributed by atoms with van der Waals surface area (Å²) in [6, 6.07) is 12.8. The van der Waals surface area contributed by atoms with Crippen LogP contribution in [-0.4, -0.2) is 85.1 Å². The third-order valence-electron chi connectivity index (χ3n) is 5.84. The van der Waals surface area contributed by atoms with Gasteiger partial charge in [-0.25, -0.2) is 0 Å². The van der Waals surface area contributed by atoms with Crippen LogP contribution >= 0.6 is 15.9 Å². The van der Waals surface area contributed by atoms with Crippen molar-refractivity contribution in [3.63, 3.8) is 0 Å². The molecule has 0 bridgehead atoms. The van der Waals surface area contributed by atoms with Gasteiger partial charge in [-0.2, -0.15) is 0 Å². The van der Waals surface area contributed by atoms with Crippen molar-refractivity contribution in [2.45, 2.75) is 0 Å². The van der Waals surface area contributed by atoms with Crippen LogP contribution in [0.5, 0.6) is 0 Å². The second-order valence-corrected chi connectivity index (χ2v) is 8.62. The lowest BCUT2D eigenvalue weighted by Gasteiger charge is -2.34. The van der Waals surface area contributed by atoms with E-state index in [2.05, 4.69) is 30.7 Å². The highest BCUT2D eigenvalue weighted by Crippen LogP contribution is 2.22. The molecular weight excluding hydrogens is 458 g/mol. The number of halogens is 1. The van der Waals surface area contributed by atoms with Gasteiger partial charge >= 0.3 is 0 Å². The predicted molar refractivity (Wildman–Crippen MR) is 126 cm³/mol. The van der Waals surface area contributed by atoms with E-state index < -0.39 is 0 Å². The summed E-state index contributed by atoms with van der Waals surface area (Å²) in [5, 5.41) is 0. The first-order valence-electron chi connectivity index (χ1n) is 10.5. The van der Waals surface area contributed by atoms with Crippen LogP contribution < -0.4 is 5.73 Å². The van der Waals surface area contributed by atoms with Crippen molar-refractivity contribution >= 4 is 39.6 Å². The monoisotopic (exact) mass is 483 g/mol. The highest BCUT2D eigenvalue weighted by atomic mass is 79.9. The quantitative estimate of drug-likeness (QED) is 0.371. The molecule has 0 aliphatic carbocycles. The number of nitrogens with two attached hydrogens (primary N) is 1. The fourth-order valence-corrected chi connectivity index (χ4v) is 4.45. The van der Waals surface area contributed by atoms with Crippen molar-refractivity contribution in [3.05, 3.63) is 63.6 Å². The number of aliphatic imine (C=N–C) groups is 1. The third kappa shape index (κ3) is 4.87. The minimum Gasteiger partial charge on any atom is -0.398 e. The molecule has 7 nitrogen and oxygen atoms in total. The maximum absolute atomic E-state index is 12.5. The molecule has 4 rings (SSSR count). The molecule has 2 aromatic carbocycles. The second-order valence-electron chi connectivity index (χ2n) is 7.77. The molecule has 2 aliphatic rings. The topological polar surface area (TPSA) is 82.2 Å². The zero-order chi connectivity index (χ0) is 21.8. The number of piperazine rings is 1. The van der Waals surface area contributed by atoms with Gasteiger partial charge in [-0.1, -0.05) is 34.1 Å². The van der Waals surface area contributed by atoms with Gasteiger partial charge in [0.1, 0.15) is 0 Å². The van der Waals surface area contributed by atoms with Crippen LogP contribution in [0.4, 0.5) is 5.69 Å². The third-order valence-corrected chi connectivity index (χ3v) is 6.53. The van der Waals surface area contributed by atoms with Gasteiger partial charge in [0.05, 0.1) is 17.7 Å². The Labute approximate surface area is 190 Å². The lowest BCUT2D eigenvalue weighted by molar-refractivity contribution is 0.0616. The first-order chi connectivity index (χ1) is 15.0. The van der Waals surface area contributed by atoms with E-state index >= 15 is 0 Å². The number of imide groups is 1. The number of nitrogens with zero attached hydrogens (tertiary/aromatic N) is 4. The lowest BCUT2D eigenvalue weighted by atomic mass is 10.1. The molecule has 2 aromatic rings. The minimum atomic E-state index is -0.178. The molecule has 1 saturated heterocycles. The highest BCUT2D eigenvalue weighted by molar-refractivity contribution is 9.10. The van der Waals surface area contributed by atoms with Crippen LogP contribution in [0.15, 0.2) is 51.9 Å². The van der Waals surface area contributed by atoms with E-state index in [1.54, 1.807) is 24.3 Å². The zero-order valence-electron chi connectivity index (χ0n) is 17.3. The summed E-state index contributed by atoms with van der Waals surface area (Å²) in [6.45, 7) is 6.50. The largest absolute Gasteiger partial charge is 0.398 e. The number of carbonyl (C=O) groups excluding carboxylic acids is 2. The number of fused-ring (bicyclic) bond motifs is 1. The van der Waals surface area contributed by atoms with Crippen molar-refractivity contribution in [2.75, 3.05) is 58.1 Å². The summed E-state index contributed by atoms with van der Waals surface area (Å²) in [5.74, 6) is -0.356. The fraction of sp³-hybridized carbons (Fsp3) is 0.348. The number of carbonyl (C=O) groups is 2. The fourth-order valence-electron chi connectivity index (χ4n) is 3.97. The molecule has 0 unspecified atom stereocenters. The van der Waals surface area contributed by atoms with Crippen LogP contribution in [-0.2, 0) is 0 Å². The van der Waals surface area contributed by atoms with E-state index in [9.17, 15) is 9.59 Å². The van der Waals surface area contributed by atoms with Crippen LogP contribution in [0.1, 0.15) is 26.3 Å². The Morgan fingerprint density at radius 2 is 1.48 bits per heavy atom. The molecule has 162 valence electrons. The van der Waals surface area contributed by atoms with Crippen LogP contribution in [0, 0.1) is 0 Å². The molecule has 2 heterocycles. The van der Waals surface area contributed by atoms with Gasteiger partial charge in [0.2, 0.25) is 0 Å². The van der Waals surface area contributed by atoms with Gasteiger partial charge < -0.3 is 5.73 Å². The van der Waals surface area contributed by atoms with Crippen LogP contribution in [0.3, 0.4) is 0 Å². The zero-order valence-corrected chi connectivity index (χ0v) is 18.9. The summed E-state index contributed by atoms with van der Waals surface area (Å²) < 4.78 is 0.947. The van der Waals surface area contributed by atoms with Gasteiger partial charge in [-0.15, -0.1) is 0 Å². The summed E-state index contributed by atoms with van der Waals surface area (Å²) in [6.07, 6.45) is 1.83. The summed E-state index contributed by atoms with van der Waals surface area (Å²) >= 11 is 3.50. The van der Waals surface area contributed by atoms with Crippen molar-refractivity contribution < 1.29 is 9.59 Å². The molecule has 2 aliphatic heterocycles. The Balaban J connectivity index is 1.19. The van der Waals surface area contributed by atoms with Crippen LogP contribution in [0.25, 0.3) is 0 Å². The molecule has 0 aromatic heterocycles. The summed E-state index contributed by atoms with van der Waals surface area (Å²) in [7, 11) is 0. The molecule has 0 atom stereocenters. The van der Waals surface area contributed by atoms with Gasteiger partial charge in [0.15, 0.2) is 0 Å². The van der Waals surface area contributed by atoms with E-state index in [1.807, 2.05) is 24.4 Å². The number of nitrogen functional groups attached to an aromatic ring is 1. The maximum atomic E-state index is 12.5. The van der Waals surface area contributed by atoms with Gasteiger partial charge in [-0.3, -0.25) is 29.3 Å². The number of hydrogen-bond acceptors (Lipinski definition) is 6. The smallest absolute Gasteiger partial charge is 0.261 e. The normalized spacial score (nSPS) is 17.6. The first-order valence-corrected chi connectivity index (χ1v) is 11.3. The lowest BCUT2D eigenvalue weighted by Crippen LogP contribution is -2.49. The highest BCUT2D eigenvalue weighted by Gasteiger charge is 2.35. The molecule has 31 heavy (non-hydrogen) atoms. The minimum absolute atomic E-state index is 0.178. The van der Waals surface area contributed by atoms with E-state index in [4.69, 9.17) is 5.73 Å². The predicted octanol–water partition coefficient (Wildman–Crippen LogP) is 2.36. The summed E-state index contributed by atoms with van der Waals surface area (Å²) in [5.41, 5.74) is 8.66. The van der Waals surface area contributed by atoms with Crippen LogP contribution in [0.2, 0.25) is 0 Å². The Hall–Kier alpha value is -2.55. The number of anilines is 1. The average Bonchev–Trinajstić information content (AvgIpc) is 3.02. The number of benzene rings is 2. The Kier molecular flexibility index (Phi) is 6.80. The maximum Gasteiger partial charge on any atom is 0.261 e. The van der Waals surface area contributed by atoms with E-state index in [1.165, 1.54) is 4.90 Å². The van der Waals surface area contributed by atoms with Crippen molar-refractivity contribution in [3.8, 4) is 0 Å². The summed E-state index contributed by atoms with van der Waals surface area (Å²) in [4.78, 5) is 35.6. The molecule has 8 heteroatoms. The number of hydrogen-bond donors (Lipinski definition) is 1. The Bertz CT molecular complexity index is 946. The van der Waals surface area contributed by atoms with E-state index in [0.717, 1.165) is 49.3 Å². The Morgan fingerprint density at radius 3 is 2.10 bits per heavy atom. The van der Waals surface area contributed by atoms with Crippen molar-refractivity contribution in [1.82, 2.24) is 14.7 Å². The molecular formula is C23H26BrN5O2. The van der Waals surface area contributed by atoms with E-state index in [-0.39, 0.29) is 11.8 Å². The van der Waals surface area contributed by atoms with Gasteiger partial charge in [-0.05, 0) is 24.3 Å². The Morgan fingerprint density at radius 1 is 0.871 bits per heavy atom. The van der Waals surface area contributed by atoms with Gasteiger partial charge in [0, 0.05) is 67.8 Å². The molecule has 1 fully saturated rings. The van der Waals surface area contributed by atoms with Crippen molar-refractivity contribution in [2.24, 2.45) is 4.99 Å². The standard InChI is InChI=1S/C23H26BrN5O2/c24-20-6-3-7-21(25)19(20)16-26-8-9-27-10-12-28(13-11-27)14-15-29-22(30)17-4-1-2-5-18(17)23(29)31/h1-7,16H,8-15,25H2. The molecule has 2 N–H and O–H groups in total. The number of amides is 2. The molecule has 0 spiro atoms. The first kappa shape index (κ1) is 21.7.